The van der Waals surface area contributed by atoms with Gasteiger partial charge in [-0.15, -0.1) is 6.42 Å². The molecule has 0 saturated heterocycles. The molecule has 0 saturated carbocycles. The van der Waals surface area contributed by atoms with Crippen molar-refractivity contribution in [3.05, 3.63) is 52.3 Å². The van der Waals surface area contributed by atoms with E-state index in [0.717, 1.165) is 10.2 Å². The number of terminal acetylenes is 1. The van der Waals surface area contributed by atoms with Crippen molar-refractivity contribution >= 4 is 33.4 Å². The van der Waals surface area contributed by atoms with Gasteiger partial charge in [0.25, 0.3) is 5.91 Å². The van der Waals surface area contributed by atoms with Crippen molar-refractivity contribution in [1.29, 1.82) is 0 Å². The molecule has 7 nitrogen and oxygen atoms in total. The van der Waals surface area contributed by atoms with Gasteiger partial charge >= 0.3 is 5.97 Å². The first kappa shape index (κ1) is 18.8. The fourth-order valence-corrected chi connectivity index (χ4v) is 4.04. The topological polar surface area (TPSA) is 79.1 Å². The van der Waals surface area contributed by atoms with Gasteiger partial charge in [-0.1, -0.05) is 17.3 Å². The van der Waals surface area contributed by atoms with Crippen molar-refractivity contribution in [2.24, 2.45) is 4.99 Å². The highest BCUT2D eigenvalue weighted by molar-refractivity contribution is 7.16. The first-order valence-electron chi connectivity index (χ1n) is 8.74. The monoisotopic (exact) mass is 408 g/mol. The van der Waals surface area contributed by atoms with E-state index in [2.05, 4.69) is 10.9 Å². The summed E-state index contributed by atoms with van der Waals surface area (Å²) in [6.07, 6.45) is 5.50. The third-order valence-corrected chi connectivity index (χ3v) is 5.38. The number of carbonyl (C=O) groups excluding carboxylic acids is 2. The van der Waals surface area contributed by atoms with Crippen molar-refractivity contribution < 1.29 is 23.8 Å². The first-order valence-corrected chi connectivity index (χ1v) is 9.56. The van der Waals surface area contributed by atoms with Gasteiger partial charge in [0.2, 0.25) is 0 Å². The fraction of sp³-hybridized carbons (Fsp3) is 0.190. The molecule has 0 unspecified atom stereocenters. The molecule has 1 amide bonds. The Balaban J connectivity index is 1.78. The molecule has 0 N–H and O–H groups in total. The Labute approximate surface area is 170 Å². The molecule has 4 rings (SSSR count). The molecule has 1 aliphatic heterocycles. The zero-order valence-corrected chi connectivity index (χ0v) is 16.3. The van der Waals surface area contributed by atoms with Gasteiger partial charge < -0.3 is 18.8 Å². The molecule has 0 fully saturated rings. The number of nitrogens with zero attached hydrogens (tertiary/aromatic N) is 2. The van der Waals surface area contributed by atoms with Gasteiger partial charge in [-0.25, -0.2) is 4.79 Å². The molecule has 0 spiro atoms. The quantitative estimate of drug-likeness (QED) is 0.492. The van der Waals surface area contributed by atoms with Gasteiger partial charge in [-0.05, 0) is 36.4 Å². The summed E-state index contributed by atoms with van der Waals surface area (Å²) in [5.41, 5.74) is 1.59. The maximum Gasteiger partial charge on any atom is 0.337 e. The number of esters is 1. The van der Waals surface area contributed by atoms with E-state index >= 15 is 0 Å². The van der Waals surface area contributed by atoms with Crippen LogP contribution >= 0.6 is 11.3 Å². The average molecular weight is 408 g/mol. The van der Waals surface area contributed by atoms with Crippen LogP contribution in [0.2, 0.25) is 0 Å². The van der Waals surface area contributed by atoms with E-state index in [9.17, 15) is 9.59 Å². The second-order valence-electron chi connectivity index (χ2n) is 6.12. The van der Waals surface area contributed by atoms with Gasteiger partial charge in [0.05, 0.1) is 29.4 Å². The van der Waals surface area contributed by atoms with E-state index in [4.69, 9.17) is 20.6 Å². The minimum Gasteiger partial charge on any atom is -0.486 e. The summed E-state index contributed by atoms with van der Waals surface area (Å²) in [5.74, 6) is 2.84. The standard InChI is InChI=1S/C21H16N2O5S/c1-3-8-23-15-6-4-14(20(25)26-2)12-18(15)29-21(23)22-19(24)13-5-7-16-17(11-13)28-10-9-27-16/h1,4-7,11-12H,8-10H2,2H3. The number of methoxy groups -OCH3 is 1. The fourth-order valence-electron chi connectivity index (χ4n) is 2.98. The number of thiazole rings is 1. The summed E-state index contributed by atoms with van der Waals surface area (Å²) in [6, 6.07) is 10.1. The number of amides is 1. The van der Waals surface area contributed by atoms with Crippen molar-refractivity contribution in [1.82, 2.24) is 4.57 Å². The van der Waals surface area contributed by atoms with E-state index in [0.29, 0.717) is 40.6 Å². The number of rotatable bonds is 3. The van der Waals surface area contributed by atoms with Crippen LogP contribution in [0.15, 0.2) is 41.4 Å². The van der Waals surface area contributed by atoms with Gasteiger partial charge in [-0.3, -0.25) is 4.79 Å². The van der Waals surface area contributed by atoms with Crippen LogP contribution in [-0.4, -0.2) is 36.8 Å². The minimum absolute atomic E-state index is 0.241. The molecule has 8 heteroatoms. The number of carbonyl (C=O) groups is 2. The third kappa shape index (κ3) is 3.60. The van der Waals surface area contributed by atoms with Crippen molar-refractivity contribution in [3.8, 4) is 23.8 Å². The lowest BCUT2D eigenvalue weighted by molar-refractivity contribution is 0.0601. The molecule has 146 valence electrons. The van der Waals surface area contributed by atoms with Crippen molar-refractivity contribution in [2.45, 2.75) is 6.54 Å². The lowest BCUT2D eigenvalue weighted by Gasteiger charge is -2.18. The van der Waals surface area contributed by atoms with Crippen LogP contribution in [0.25, 0.3) is 10.2 Å². The number of fused-ring (bicyclic) bond motifs is 2. The maximum absolute atomic E-state index is 12.8. The normalized spacial score (nSPS) is 13.2. The largest absolute Gasteiger partial charge is 0.486 e. The second-order valence-corrected chi connectivity index (χ2v) is 7.13. The number of ether oxygens (including phenoxy) is 3. The van der Waals surface area contributed by atoms with E-state index in [1.54, 1.807) is 41.0 Å². The highest BCUT2D eigenvalue weighted by atomic mass is 32.1. The highest BCUT2D eigenvalue weighted by Gasteiger charge is 2.16. The van der Waals surface area contributed by atoms with E-state index in [-0.39, 0.29) is 6.54 Å². The Morgan fingerprint density at radius 1 is 1.17 bits per heavy atom. The predicted molar refractivity (Wildman–Crippen MR) is 107 cm³/mol. The molecule has 1 aromatic heterocycles. The van der Waals surface area contributed by atoms with Crippen LogP contribution in [-0.2, 0) is 11.3 Å². The molecular weight excluding hydrogens is 392 g/mol. The molecule has 0 atom stereocenters. The Kier molecular flexibility index (Phi) is 5.06. The summed E-state index contributed by atoms with van der Waals surface area (Å²) in [4.78, 5) is 29.3. The predicted octanol–water partition coefficient (Wildman–Crippen LogP) is 2.63. The number of benzene rings is 2. The average Bonchev–Trinajstić information content (AvgIpc) is 3.09. The van der Waals surface area contributed by atoms with E-state index in [1.807, 2.05) is 0 Å². The summed E-state index contributed by atoms with van der Waals surface area (Å²) >= 11 is 1.27. The van der Waals surface area contributed by atoms with Crippen molar-refractivity contribution in [2.75, 3.05) is 20.3 Å². The first-order chi connectivity index (χ1) is 14.1. The van der Waals surface area contributed by atoms with E-state index in [1.165, 1.54) is 18.4 Å². The summed E-state index contributed by atoms with van der Waals surface area (Å²) < 4.78 is 18.3. The lowest BCUT2D eigenvalue weighted by atomic mass is 10.2. The SMILES string of the molecule is C#CCn1c(=NC(=O)c2ccc3c(c2)OCCO3)sc2cc(C(=O)OC)ccc21. The maximum atomic E-state index is 12.8. The zero-order chi connectivity index (χ0) is 20.4. The number of aromatic nitrogens is 1. The summed E-state index contributed by atoms with van der Waals surface area (Å²) in [6.45, 7) is 1.15. The van der Waals surface area contributed by atoms with Gasteiger partial charge in [0.1, 0.15) is 13.2 Å². The molecule has 2 aromatic carbocycles. The minimum atomic E-state index is -0.436. The molecule has 0 radical (unpaired) electrons. The van der Waals surface area contributed by atoms with Crippen LogP contribution in [0.3, 0.4) is 0 Å². The van der Waals surface area contributed by atoms with Crippen LogP contribution < -0.4 is 14.3 Å². The molecule has 29 heavy (non-hydrogen) atoms. The molecular formula is C21H16N2O5S. The molecule has 3 aromatic rings. The van der Waals surface area contributed by atoms with E-state index < -0.39 is 11.9 Å². The molecule has 2 heterocycles. The lowest BCUT2D eigenvalue weighted by Crippen LogP contribution is -2.17. The summed E-state index contributed by atoms with van der Waals surface area (Å²) in [5, 5.41) is 0. The zero-order valence-electron chi connectivity index (χ0n) is 15.5. The van der Waals surface area contributed by atoms with Gasteiger partial charge in [0, 0.05) is 5.56 Å². The Hall–Kier alpha value is -3.57. The molecule has 1 aliphatic rings. The Morgan fingerprint density at radius 2 is 1.93 bits per heavy atom. The molecule has 0 aliphatic carbocycles. The smallest absolute Gasteiger partial charge is 0.337 e. The van der Waals surface area contributed by atoms with Crippen LogP contribution in [0.1, 0.15) is 20.7 Å². The third-order valence-electron chi connectivity index (χ3n) is 4.34. The van der Waals surface area contributed by atoms with Crippen LogP contribution in [0.4, 0.5) is 0 Å². The Morgan fingerprint density at radius 3 is 2.69 bits per heavy atom. The van der Waals surface area contributed by atoms with Gasteiger partial charge in [-0.2, -0.15) is 4.99 Å². The second kappa shape index (κ2) is 7.81. The van der Waals surface area contributed by atoms with Crippen LogP contribution in [0.5, 0.6) is 11.5 Å². The van der Waals surface area contributed by atoms with Crippen molar-refractivity contribution in [3.63, 3.8) is 0 Å². The number of hydrogen-bond acceptors (Lipinski definition) is 6. The number of hydrogen-bond donors (Lipinski definition) is 0. The van der Waals surface area contributed by atoms with Gasteiger partial charge in [0.15, 0.2) is 16.3 Å². The molecule has 0 bridgehead atoms. The Bertz CT molecular complexity index is 1230. The summed E-state index contributed by atoms with van der Waals surface area (Å²) in [7, 11) is 1.33. The highest BCUT2D eigenvalue weighted by Crippen LogP contribution is 2.31. The van der Waals surface area contributed by atoms with Crippen LogP contribution in [0, 0.1) is 12.3 Å².